The van der Waals surface area contributed by atoms with E-state index < -0.39 is 31.4 Å². The topological polar surface area (TPSA) is 140 Å². The van der Waals surface area contributed by atoms with Crippen LogP contribution in [0.2, 0.25) is 0 Å². The molecule has 0 aliphatic rings. The molecular formula is C37H48N5O6P. The minimum Gasteiger partial charge on any atom is -0.459 e. The highest BCUT2D eigenvalue weighted by molar-refractivity contribution is 7.52. The molecule has 11 nitrogen and oxygen atoms in total. The van der Waals surface area contributed by atoms with Gasteiger partial charge >= 0.3 is 13.7 Å². The number of carbonyl (C=O) groups excluding carboxylic acids is 1. The van der Waals surface area contributed by atoms with Crippen molar-refractivity contribution < 1.29 is 27.9 Å². The molecule has 49 heavy (non-hydrogen) atoms. The Morgan fingerprint density at radius 3 is 2.33 bits per heavy atom. The van der Waals surface area contributed by atoms with Gasteiger partial charge in [-0.25, -0.2) is 14.5 Å². The van der Waals surface area contributed by atoms with Crippen molar-refractivity contribution >= 4 is 52.2 Å². The van der Waals surface area contributed by atoms with Gasteiger partial charge in [-0.3, -0.25) is 9.32 Å². The summed E-state index contributed by atoms with van der Waals surface area (Å²) in [6, 6.07) is 19.6. The third-order valence-corrected chi connectivity index (χ3v) is 9.68. The normalized spacial score (nSPS) is 14.8. The molecule has 3 aromatic carbocycles. The van der Waals surface area contributed by atoms with Gasteiger partial charge < -0.3 is 24.3 Å². The first-order valence-corrected chi connectivity index (χ1v) is 18.3. The van der Waals surface area contributed by atoms with E-state index in [4.69, 9.17) is 29.2 Å². The molecule has 0 saturated heterocycles. The number of esters is 1. The van der Waals surface area contributed by atoms with Crippen molar-refractivity contribution in [1.29, 1.82) is 0 Å². The molecule has 0 fully saturated rings. The number of nitrogens with two attached hydrogens (primary N) is 1. The van der Waals surface area contributed by atoms with Gasteiger partial charge in [0.25, 0.3) is 0 Å². The van der Waals surface area contributed by atoms with Crippen LogP contribution >= 0.6 is 7.75 Å². The van der Waals surface area contributed by atoms with Crippen LogP contribution in [0.1, 0.15) is 67.3 Å². The number of benzene rings is 3. The van der Waals surface area contributed by atoms with Crippen LogP contribution in [-0.4, -0.2) is 45.4 Å². The number of fused-ring (bicyclic) bond motifs is 4. The van der Waals surface area contributed by atoms with Gasteiger partial charge in [-0.2, -0.15) is 5.09 Å². The van der Waals surface area contributed by atoms with Gasteiger partial charge in [0.2, 0.25) is 0 Å². The van der Waals surface area contributed by atoms with E-state index in [-0.39, 0.29) is 25.0 Å². The number of hydrogen-bond acceptors (Lipinski definition) is 9. The van der Waals surface area contributed by atoms with Crippen LogP contribution < -0.4 is 15.3 Å². The highest BCUT2D eigenvalue weighted by Gasteiger charge is 2.39. The highest BCUT2D eigenvalue weighted by atomic mass is 31.2. The zero-order valence-corrected chi connectivity index (χ0v) is 30.5. The third kappa shape index (κ3) is 8.41. The number of rotatable bonds is 14. The van der Waals surface area contributed by atoms with Gasteiger partial charge in [-0.05, 0) is 68.5 Å². The summed E-state index contributed by atoms with van der Waals surface area (Å²) in [6.45, 7) is 15.7. The van der Waals surface area contributed by atoms with Crippen LogP contribution in [0.15, 0.2) is 66.7 Å². The second-order valence-electron chi connectivity index (χ2n) is 13.8. The Bertz CT molecular complexity index is 1990. The van der Waals surface area contributed by atoms with E-state index in [1.807, 2.05) is 75.4 Å². The number of hydrogen-bond donors (Lipinski definition) is 2. The molecule has 0 radical (unpaired) electrons. The van der Waals surface area contributed by atoms with Crippen LogP contribution in [0.3, 0.4) is 0 Å². The highest BCUT2D eigenvalue weighted by Crippen LogP contribution is 2.48. The summed E-state index contributed by atoms with van der Waals surface area (Å²) in [4.78, 5) is 22.9. The van der Waals surface area contributed by atoms with E-state index in [1.165, 1.54) is 0 Å². The molecule has 5 rings (SSSR count). The molecule has 3 N–H and O–H groups in total. The quantitative estimate of drug-likeness (QED) is 0.0866. The Kier molecular flexibility index (Phi) is 11.0. The largest absolute Gasteiger partial charge is 0.459 e. The van der Waals surface area contributed by atoms with Crippen molar-refractivity contribution in [2.45, 2.75) is 79.7 Å². The van der Waals surface area contributed by atoms with E-state index >= 15 is 0 Å². The Balaban J connectivity index is 1.58. The molecule has 2 aromatic heterocycles. The zero-order valence-electron chi connectivity index (χ0n) is 29.6. The summed E-state index contributed by atoms with van der Waals surface area (Å²) < 4.78 is 41.2. The fourth-order valence-electron chi connectivity index (χ4n) is 5.72. The lowest BCUT2D eigenvalue weighted by Crippen LogP contribution is -2.44. The molecule has 0 aliphatic heterocycles. The third-order valence-electron chi connectivity index (χ3n) is 8.15. The number of aromatic nitrogens is 3. The fraction of sp³-hybridized carbons (Fsp3) is 0.432. The summed E-state index contributed by atoms with van der Waals surface area (Å²) in [7, 11) is -4.25. The molecule has 0 saturated carbocycles. The maximum Gasteiger partial charge on any atom is 0.459 e. The molecule has 0 aliphatic carbocycles. The molecule has 0 bridgehead atoms. The van der Waals surface area contributed by atoms with Crippen molar-refractivity contribution in [3.05, 3.63) is 72.6 Å². The van der Waals surface area contributed by atoms with Gasteiger partial charge in [-0.15, -0.1) is 0 Å². The van der Waals surface area contributed by atoms with Crippen molar-refractivity contribution in [3.8, 4) is 5.75 Å². The lowest BCUT2D eigenvalue weighted by atomic mass is 10.0. The van der Waals surface area contributed by atoms with Crippen molar-refractivity contribution in [3.63, 3.8) is 0 Å². The number of nitrogen functional groups attached to an aromatic ring is 1. The van der Waals surface area contributed by atoms with Gasteiger partial charge in [0.1, 0.15) is 35.3 Å². The Hall–Kier alpha value is -4.02. The minimum atomic E-state index is -4.25. The molecule has 0 unspecified atom stereocenters. The second-order valence-corrected chi connectivity index (χ2v) is 15.5. The molecule has 262 valence electrons. The molecular weight excluding hydrogens is 641 g/mol. The first-order chi connectivity index (χ1) is 23.2. The van der Waals surface area contributed by atoms with E-state index in [9.17, 15) is 9.36 Å². The number of nitrogens with zero attached hydrogens (tertiary/aromatic N) is 3. The number of imidazole rings is 1. The molecule has 0 amide bonds. The molecule has 2 heterocycles. The Morgan fingerprint density at radius 1 is 0.959 bits per heavy atom. The summed E-state index contributed by atoms with van der Waals surface area (Å²) in [6.07, 6.45) is 0. The van der Waals surface area contributed by atoms with Gasteiger partial charge in [0.15, 0.2) is 5.82 Å². The predicted octanol–water partition coefficient (Wildman–Crippen LogP) is 8.21. The fourth-order valence-corrected chi connectivity index (χ4v) is 7.39. The van der Waals surface area contributed by atoms with Crippen LogP contribution in [-0.2, 0) is 30.0 Å². The van der Waals surface area contributed by atoms with Crippen molar-refractivity contribution in [1.82, 2.24) is 19.6 Å². The average molecular weight is 690 g/mol. The second kappa shape index (κ2) is 14.8. The van der Waals surface area contributed by atoms with Crippen LogP contribution in [0.25, 0.3) is 32.7 Å². The molecule has 5 aromatic rings. The van der Waals surface area contributed by atoms with Gasteiger partial charge in [0.05, 0.1) is 23.7 Å². The predicted molar refractivity (Wildman–Crippen MR) is 194 cm³/mol. The monoisotopic (exact) mass is 689 g/mol. The summed E-state index contributed by atoms with van der Waals surface area (Å²) in [5.74, 6) is 0.380. The number of pyridine rings is 1. The maximum absolute atomic E-state index is 14.9. The average Bonchev–Trinajstić information content (AvgIpc) is 3.41. The molecule has 12 heteroatoms. The lowest BCUT2D eigenvalue weighted by Gasteiger charge is -2.31. The first kappa shape index (κ1) is 36.3. The molecule has 0 spiro atoms. The zero-order chi connectivity index (χ0) is 35.5. The molecule has 3 atom stereocenters. The smallest absolute Gasteiger partial charge is 0.459 e. The van der Waals surface area contributed by atoms with E-state index in [2.05, 4.69) is 28.5 Å². The maximum atomic E-state index is 14.9. The Labute approximate surface area is 288 Å². The SMILES string of the molecule is CCOCc1nc2c(N)nc3ccccc3c2n1[C@@H](CO[P@@](=O)(N[C@H](C(=O)OC(C)(C)C)C(C)C)Oc1ccc2ccccc2c1)C(C)C. The van der Waals surface area contributed by atoms with E-state index in [1.54, 1.807) is 32.9 Å². The van der Waals surface area contributed by atoms with Crippen molar-refractivity contribution in [2.75, 3.05) is 18.9 Å². The van der Waals surface area contributed by atoms with Crippen LogP contribution in [0.4, 0.5) is 5.82 Å². The number of ether oxygens (including phenoxy) is 2. The number of para-hydroxylation sites is 1. The van der Waals surface area contributed by atoms with Crippen molar-refractivity contribution in [2.24, 2.45) is 11.8 Å². The summed E-state index contributed by atoms with van der Waals surface area (Å²) in [5.41, 5.74) is 7.77. The van der Waals surface area contributed by atoms with E-state index in [0.29, 0.717) is 29.5 Å². The summed E-state index contributed by atoms with van der Waals surface area (Å²) >= 11 is 0. The number of nitrogens with one attached hydrogen (secondary N) is 1. The van der Waals surface area contributed by atoms with Gasteiger partial charge in [0, 0.05) is 12.0 Å². The lowest BCUT2D eigenvalue weighted by molar-refractivity contribution is -0.158. The number of anilines is 1. The minimum absolute atomic E-state index is 0.0354. The van der Waals surface area contributed by atoms with Crippen LogP contribution in [0.5, 0.6) is 5.75 Å². The summed E-state index contributed by atoms with van der Waals surface area (Å²) in [5, 5.41) is 5.74. The van der Waals surface area contributed by atoms with E-state index in [0.717, 1.165) is 27.2 Å². The Morgan fingerprint density at radius 2 is 1.65 bits per heavy atom. The van der Waals surface area contributed by atoms with Crippen LogP contribution in [0, 0.1) is 11.8 Å². The number of carbonyl (C=O) groups is 1. The van der Waals surface area contributed by atoms with Gasteiger partial charge in [-0.1, -0.05) is 76.2 Å². The standard InChI is InChI=1S/C37H48N5O6P/c1-9-45-22-31-40-33-34(28-16-12-13-17-29(28)39-35(33)38)42(31)30(23(2)3)21-46-49(44,41-32(24(4)5)36(43)47-37(6,7)8)48-27-19-18-25-14-10-11-15-26(25)20-27/h10-20,23-24,30,32H,9,21-22H2,1-8H3,(H2,38,39)(H,41,44)/t30-,32-,49-/m0/s1. The first-order valence-electron chi connectivity index (χ1n) is 16.8.